The van der Waals surface area contributed by atoms with E-state index in [2.05, 4.69) is 17.1 Å². The number of hydrogen-bond acceptors (Lipinski definition) is 2. The second kappa shape index (κ2) is 6.18. The van der Waals surface area contributed by atoms with E-state index >= 15 is 0 Å². The lowest BCUT2D eigenvalue weighted by molar-refractivity contribution is 0.302. The van der Waals surface area contributed by atoms with Gasteiger partial charge in [-0.2, -0.15) is 0 Å². The third-order valence-corrected chi connectivity index (χ3v) is 2.96. The number of benzene rings is 1. The quantitative estimate of drug-likeness (QED) is 0.856. The predicted molar refractivity (Wildman–Crippen MR) is 66.3 cm³/mol. The molecule has 0 amide bonds. The standard InChI is InChI=1S/C12H18ClFN2/c1-9(16(2)3)7-15-8-10-5-4-6-11(13)12(10)14/h4-6,9,15H,7-8H2,1-3H3. The van der Waals surface area contributed by atoms with Gasteiger partial charge >= 0.3 is 0 Å². The Bertz CT molecular complexity index is 342. The molecule has 1 rings (SSSR count). The van der Waals surface area contributed by atoms with Gasteiger partial charge in [0.15, 0.2) is 0 Å². The number of halogens is 2. The molecule has 0 aliphatic carbocycles. The zero-order valence-corrected chi connectivity index (χ0v) is 10.7. The third kappa shape index (κ3) is 3.74. The topological polar surface area (TPSA) is 15.3 Å². The lowest BCUT2D eigenvalue weighted by atomic mass is 10.2. The van der Waals surface area contributed by atoms with Crippen LogP contribution in [0.25, 0.3) is 0 Å². The van der Waals surface area contributed by atoms with Gasteiger partial charge in [-0.25, -0.2) is 4.39 Å². The van der Waals surface area contributed by atoms with Gasteiger partial charge in [-0.3, -0.25) is 0 Å². The van der Waals surface area contributed by atoms with E-state index in [1.807, 2.05) is 14.1 Å². The fourth-order valence-electron chi connectivity index (χ4n) is 1.28. The molecule has 0 bridgehead atoms. The molecule has 1 N–H and O–H groups in total. The molecule has 0 aromatic heterocycles. The molecule has 4 heteroatoms. The van der Waals surface area contributed by atoms with Crippen molar-refractivity contribution in [2.75, 3.05) is 20.6 Å². The zero-order chi connectivity index (χ0) is 12.1. The van der Waals surface area contributed by atoms with Crippen LogP contribution in [0, 0.1) is 5.82 Å². The number of nitrogens with zero attached hydrogens (tertiary/aromatic N) is 1. The SMILES string of the molecule is CC(CNCc1cccc(Cl)c1F)N(C)C. The summed E-state index contributed by atoms with van der Waals surface area (Å²) in [5.74, 6) is -0.325. The van der Waals surface area contributed by atoms with Gasteiger partial charge in [-0.15, -0.1) is 0 Å². The second-order valence-corrected chi connectivity index (χ2v) is 4.56. The Balaban J connectivity index is 2.46. The van der Waals surface area contributed by atoms with Crippen LogP contribution in [0.4, 0.5) is 4.39 Å². The molecule has 1 aromatic rings. The number of hydrogen-bond donors (Lipinski definition) is 1. The Hall–Kier alpha value is -0.640. The molecule has 0 aliphatic heterocycles. The van der Waals surface area contributed by atoms with Crippen LogP contribution >= 0.6 is 11.6 Å². The maximum Gasteiger partial charge on any atom is 0.146 e. The summed E-state index contributed by atoms with van der Waals surface area (Å²) in [7, 11) is 4.04. The molecule has 0 aliphatic rings. The number of rotatable bonds is 5. The van der Waals surface area contributed by atoms with Crippen molar-refractivity contribution >= 4 is 11.6 Å². The minimum absolute atomic E-state index is 0.181. The van der Waals surface area contributed by atoms with Gasteiger partial charge in [-0.05, 0) is 27.1 Å². The molecule has 0 saturated carbocycles. The van der Waals surface area contributed by atoms with Gasteiger partial charge in [0.25, 0.3) is 0 Å². The summed E-state index contributed by atoms with van der Waals surface area (Å²) in [4.78, 5) is 2.11. The highest BCUT2D eigenvalue weighted by atomic mass is 35.5. The molecule has 0 radical (unpaired) electrons. The summed E-state index contributed by atoms with van der Waals surface area (Å²) in [6, 6.07) is 5.48. The van der Waals surface area contributed by atoms with Crippen molar-refractivity contribution in [2.45, 2.75) is 19.5 Å². The summed E-state index contributed by atoms with van der Waals surface area (Å²) in [6.07, 6.45) is 0. The molecule has 90 valence electrons. The maximum atomic E-state index is 13.5. The monoisotopic (exact) mass is 244 g/mol. The van der Waals surface area contributed by atoms with Crippen molar-refractivity contribution in [3.63, 3.8) is 0 Å². The molecule has 0 spiro atoms. The van der Waals surface area contributed by atoms with Gasteiger partial charge < -0.3 is 10.2 Å². The van der Waals surface area contributed by atoms with Gasteiger partial charge in [0.05, 0.1) is 5.02 Å². The van der Waals surface area contributed by atoms with E-state index in [0.717, 1.165) is 6.54 Å². The fourth-order valence-corrected chi connectivity index (χ4v) is 1.48. The molecule has 16 heavy (non-hydrogen) atoms. The Morgan fingerprint density at radius 3 is 2.75 bits per heavy atom. The van der Waals surface area contributed by atoms with Gasteiger partial charge in [-0.1, -0.05) is 23.7 Å². The summed E-state index contributed by atoms with van der Waals surface area (Å²) in [5.41, 5.74) is 0.610. The molecule has 1 unspecified atom stereocenters. The highest BCUT2D eigenvalue weighted by Crippen LogP contribution is 2.17. The Morgan fingerprint density at radius 2 is 2.12 bits per heavy atom. The first kappa shape index (κ1) is 13.4. The van der Waals surface area contributed by atoms with E-state index in [4.69, 9.17) is 11.6 Å². The van der Waals surface area contributed by atoms with Crippen molar-refractivity contribution in [3.8, 4) is 0 Å². The summed E-state index contributed by atoms with van der Waals surface area (Å²) >= 11 is 5.69. The largest absolute Gasteiger partial charge is 0.311 e. The molecular weight excluding hydrogens is 227 g/mol. The van der Waals surface area contributed by atoms with E-state index in [0.29, 0.717) is 18.2 Å². The fraction of sp³-hybridized carbons (Fsp3) is 0.500. The third-order valence-electron chi connectivity index (χ3n) is 2.67. The molecular formula is C12H18ClFN2. The normalized spacial score (nSPS) is 13.1. The van der Waals surface area contributed by atoms with Crippen LogP contribution in [0.5, 0.6) is 0 Å². The summed E-state index contributed by atoms with van der Waals surface area (Å²) in [6.45, 7) is 3.44. The second-order valence-electron chi connectivity index (χ2n) is 4.16. The minimum Gasteiger partial charge on any atom is -0.311 e. The highest BCUT2D eigenvalue weighted by molar-refractivity contribution is 6.30. The van der Waals surface area contributed by atoms with Crippen LogP contribution in [0.15, 0.2) is 18.2 Å². The molecule has 1 aromatic carbocycles. The first-order chi connectivity index (χ1) is 7.52. The average molecular weight is 245 g/mol. The van der Waals surface area contributed by atoms with Crippen molar-refractivity contribution in [3.05, 3.63) is 34.6 Å². The predicted octanol–water partition coefficient (Wildman–Crippen LogP) is 2.52. The Morgan fingerprint density at radius 1 is 1.44 bits per heavy atom. The summed E-state index contributed by atoms with van der Waals surface area (Å²) in [5, 5.41) is 3.39. The van der Waals surface area contributed by atoms with Crippen molar-refractivity contribution in [2.24, 2.45) is 0 Å². The molecule has 0 saturated heterocycles. The van der Waals surface area contributed by atoms with Crippen LogP contribution in [-0.4, -0.2) is 31.6 Å². The maximum absolute atomic E-state index is 13.5. The van der Waals surface area contributed by atoms with E-state index < -0.39 is 0 Å². The molecule has 0 heterocycles. The number of nitrogens with one attached hydrogen (secondary N) is 1. The van der Waals surface area contributed by atoms with Crippen LogP contribution in [0.1, 0.15) is 12.5 Å². The lowest BCUT2D eigenvalue weighted by Crippen LogP contribution is -2.35. The first-order valence-corrected chi connectivity index (χ1v) is 5.70. The Kier molecular flexibility index (Phi) is 5.19. The van der Waals surface area contributed by atoms with Crippen LogP contribution in [-0.2, 0) is 6.54 Å². The van der Waals surface area contributed by atoms with E-state index in [9.17, 15) is 4.39 Å². The lowest BCUT2D eigenvalue weighted by Gasteiger charge is -2.20. The highest BCUT2D eigenvalue weighted by Gasteiger charge is 2.07. The van der Waals surface area contributed by atoms with E-state index in [-0.39, 0.29) is 10.8 Å². The zero-order valence-electron chi connectivity index (χ0n) is 9.93. The van der Waals surface area contributed by atoms with E-state index in [1.54, 1.807) is 18.2 Å². The smallest absolute Gasteiger partial charge is 0.146 e. The van der Waals surface area contributed by atoms with Gasteiger partial charge in [0.1, 0.15) is 5.82 Å². The first-order valence-electron chi connectivity index (χ1n) is 5.32. The molecule has 1 atom stereocenters. The van der Waals surface area contributed by atoms with E-state index in [1.165, 1.54) is 0 Å². The molecule has 0 fully saturated rings. The minimum atomic E-state index is -0.325. The van der Waals surface area contributed by atoms with Crippen molar-refractivity contribution in [1.29, 1.82) is 0 Å². The summed E-state index contributed by atoms with van der Waals surface area (Å²) < 4.78 is 13.5. The van der Waals surface area contributed by atoms with Gasteiger partial charge in [0, 0.05) is 24.7 Å². The van der Waals surface area contributed by atoms with Gasteiger partial charge in [0.2, 0.25) is 0 Å². The Labute approximate surface area is 101 Å². The van der Waals surface area contributed by atoms with Crippen LogP contribution < -0.4 is 5.32 Å². The van der Waals surface area contributed by atoms with Crippen LogP contribution in [0.2, 0.25) is 5.02 Å². The average Bonchev–Trinajstić information content (AvgIpc) is 2.24. The molecule has 2 nitrogen and oxygen atoms in total. The van der Waals surface area contributed by atoms with Crippen molar-refractivity contribution in [1.82, 2.24) is 10.2 Å². The van der Waals surface area contributed by atoms with Crippen LogP contribution in [0.3, 0.4) is 0 Å². The van der Waals surface area contributed by atoms with Crippen molar-refractivity contribution < 1.29 is 4.39 Å². The number of likely N-dealkylation sites (N-methyl/N-ethyl adjacent to an activating group) is 1.